The van der Waals surface area contributed by atoms with Gasteiger partial charge in [0.05, 0.1) is 15.9 Å². The quantitative estimate of drug-likeness (QED) is 0.377. The number of carbonyl (C=O) groups is 1. The summed E-state index contributed by atoms with van der Waals surface area (Å²) < 4.78 is 0.923. The Kier molecular flexibility index (Phi) is 4.61. The molecular formula is C18H16N6OS2. The summed E-state index contributed by atoms with van der Waals surface area (Å²) in [4.78, 5) is 21.8. The first-order chi connectivity index (χ1) is 13.1. The minimum atomic E-state index is -0.135. The van der Waals surface area contributed by atoms with E-state index in [0.717, 1.165) is 15.9 Å². The van der Waals surface area contributed by atoms with Gasteiger partial charge in [0.25, 0.3) is 5.91 Å². The van der Waals surface area contributed by atoms with Crippen molar-refractivity contribution in [1.82, 2.24) is 15.3 Å². The molecule has 0 bridgehead atoms. The van der Waals surface area contributed by atoms with Crippen molar-refractivity contribution < 1.29 is 4.79 Å². The Balaban J connectivity index is 1.70. The predicted octanol–water partition coefficient (Wildman–Crippen LogP) is 4.18. The van der Waals surface area contributed by atoms with Crippen LogP contribution >= 0.6 is 22.7 Å². The highest BCUT2D eigenvalue weighted by molar-refractivity contribution is 7.17. The van der Waals surface area contributed by atoms with Gasteiger partial charge in [0.15, 0.2) is 5.82 Å². The van der Waals surface area contributed by atoms with E-state index in [2.05, 4.69) is 25.9 Å². The third-order valence-electron chi connectivity index (χ3n) is 3.82. The zero-order valence-corrected chi connectivity index (χ0v) is 15.9. The van der Waals surface area contributed by atoms with Gasteiger partial charge in [0.1, 0.15) is 4.88 Å². The lowest BCUT2D eigenvalue weighted by molar-refractivity contribution is 0.0968. The molecule has 5 N–H and O–H groups in total. The van der Waals surface area contributed by atoms with Gasteiger partial charge in [0.2, 0.25) is 5.95 Å². The van der Waals surface area contributed by atoms with Gasteiger partial charge in [-0.05, 0) is 47.2 Å². The molecule has 0 unspecified atom stereocenters. The van der Waals surface area contributed by atoms with E-state index in [1.54, 1.807) is 18.4 Å². The number of amides is 1. The first-order valence-electron chi connectivity index (χ1n) is 8.08. The molecule has 0 saturated carbocycles. The summed E-state index contributed by atoms with van der Waals surface area (Å²) >= 11 is 2.92. The van der Waals surface area contributed by atoms with E-state index in [0.29, 0.717) is 28.0 Å². The minimum absolute atomic E-state index is 0.135. The van der Waals surface area contributed by atoms with E-state index in [1.807, 2.05) is 47.2 Å². The number of nitrogen functional groups attached to an aromatic ring is 1. The fourth-order valence-corrected chi connectivity index (χ4v) is 4.10. The average Bonchev–Trinajstić information content (AvgIpc) is 3.32. The Hall–Kier alpha value is -3.17. The van der Waals surface area contributed by atoms with E-state index in [4.69, 9.17) is 5.73 Å². The number of nitrogens with two attached hydrogens (primary N) is 1. The van der Waals surface area contributed by atoms with Gasteiger partial charge in [-0.15, -0.1) is 22.7 Å². The largest absolute Gasteiger partial charge is 0.399 e. The van der Waals surface area contributed by atoms with E-state index in [9.17, 15) is 4.79 Å². The number of nitrogens with zero attached hydrogens (tertiary/aromatic N) is 2. The first-order valence-corrected chi connectivity index (χ1v) is 9.84. The van der Waals surface area contributed by atoms with Crippen molar-refractivity contribution in [2.24, 2.45) is 0 Å². The van der Waals surface area contributed by atoms with Gasteiger partial charge in [-0.2, -0.15) is 4.98 Å². The molecule has 1 amide bonds. The van der Waals surface area contributed by atoms with Crippen LogP contribution in [0.25, 0.3) is 10.2 Å². The molecule has 1 aromatic carbocycles. The number of fused-ring (bicyclic) bond motifs is 1. The molecule has 9 heteroatoms. The molecule has 7 nitrogen and oxygen atoms in total. The molecule has 0 saturated heterocycles. The van der Waals surface area contributed by atoms with Crippen molar-refractivity contribution in [3.63, 3.8) is 0 Å². The van der Waals surface area contributed by atoms with Crippen molar-refractivity contribution in [3.05, 3.63) is 52.0 Å². The van der Waals surface area contributed by atoms with Crippen LogP contribution in [0.1, 0.15) is 9.67 Å². The van der Waals surface area contributed by atoms with Crippen molar-refractivity contribution >= 4 is 67.6 Å². The lowest BCUT2D eigenvalue weighted by atomic mass is 10.3. The number of nitrogens with one attached hydrogen (secondary N) is 3. The number of anilines is 5. The van der Waals surface area contributed by atoms with E-state index in [-0.39, 0.29) is 5.91 Å². The summed E-state index contributed by atoms with van der Waals surface area (Å²) in [5, 5.41) is 13.0. The second kappa shape index (κ2) is 7.22. The summed E-state index contributed by atoms with van der Waals surface area (Å²) in [6, 6.07) is 11.2. The molecule has 0 spiro atoms. The van der Waals surface area contributed by atoms with Crippen LogP contribution in [0, 0.1) is 0 Å². The van der Waals surface area contributed by atoms with Crippen molar-refractivity contribution in [3.8, 4) is 0 Å². The average molecular weight is 397 g/mol. The second-order valence-electron chi connectivity index (χ2n) is 5.65. The number of hydrogen-bond donors (Lipinski definition) is 4. The summed E-state index contributed by atoms with van der Waals surface area (Å²) in [5.41, 5.74) is 8.80. The molecule has 3 aromatic heterocycles. The zero-order chi connectivity index (χ0) is 18.8. The number of benzene rings is 1. The molecule has 4 rings (SSSR count). The first kappa shape index (κ1) is 17.3. The minimum Gasteiger partial charge on any atom is -0.399 e. The lowest BCUT2D eigenvalue weighted by Gasteiger charge is -2.10. The maximum atomic E-state index is 12.0. The molecule has 0 aliphatic rings. The number of hydrogen-bond acceptors (Lipinski definition) is 8. The highest BCUT2D eigenvalue weighted by Gasteiger charge is 2.15. The van der Waals surface area contributed by atoms with E-state index >= 15 is 0 Å². The molecular weight excluding hydrogens is 380 g/mol. The second-order valence-corrected chi connectivity index (χ2v) is 7.48. The molecule has 0 atom stereocenters. The van der Waals surface area contributed by atoms with Crippen molar-refractivity contribution in [2.75, 3.05) is 23.4 Å². The third kappa shape index (κ3) is 3.55. The Morgan fingerprint density at radius 2 is 1.78 bits per heavy atom. The van der Waals surface area contributed by atoms with Crippen LogP contribution < -0.4 is 21.7 Å². The van der Waals surface area contributed by atoms with Gasteiger partial charge in [-0.1, -0.05) is 0 Å². The Bertz CT molecular complexity index is 1100. The summed E-state index contributed by atoms with van der Waals surface area (Å²) in [5.74, 6) is 0.977. The molecule has 0 aliphatic heterocycles. The summed E-state index contributed by atoms with van der Waals surface area (Å²) in [6.07, 6.45) is 0. The number of thiophene rings is 2. The highest BCUT2D eigenvalue weighted by Crippen LogP contribution is 2.32. The van der Waals surface area contributed by atoms with Gasteiger partial charge in [-0.25, -0.2) is 4.98 Å². The van der Waals surface area contributed by atoms with Crippen molar-refractivity contribution in [1.29, 1.82) is 0 Å². The number of carbonyl (C=O) groups excluding carboxylic acids is 1. The predicted molar refractivity (Wildman–Crippen MR) is 113 cm³/mol. The van der Waals surface area contributed by atoms with Crippen LogP contribution in [0.2, 0.25) is 0 Å². The Morgan fingerprint density at radius 1 is 1.00 bits per heavy atom. The smallest absolute Gasteiger partial charge is 0.263 e. The topological polar surface area (TPSA) is 105 Å². The molecule has 4 aromatic rings. The normalized spacial score (nSPS) is 10.7. The van der Waals surface area contributed by atoms with Gasteiger partial charge >= 0.3 is 0 Å². The fourth-order valence-electron chi connectivity index (χ4n) is 2.52. The Labute approximate surface area is 163 Å². The zero-order valence-electron chi connectivity index (χ0n) is 14.3. The summed E-state index contributed by atoms with van der Waals surface area (Å²) in [6.45, 7) is 0. The molecule has 3 heterocycles. The Morgan fingerprint density at radius 3 is 2.56 bits per heavy atom. The van der Waals surface area contributed by atoms with Crippen LogP contribution in [0.4, 0.5) is 28.8 Å². The number of aromatic nitrogens is 2. The fraction of sp³-hybridized carbons (Fsp3) is 0.0556. The number of rotatable bonds is 5. The van der Waals surface area contributed by atoms with E-state index < -0.39 is 0 Å². The lowest BCUT2D eigenvalue weighted by Crippen LogP contribution is -2.17. The van der Waals surface area contributed by atoms with Crippen LogP contribution in [-0.4, -0.2) is 22.9 Å². The molecule has 0 radical (unpaired) electrons. The van der Waals surface area contributed by atoms with Crippen LogP contribution in [0.5, 0.6) is 0 Å². The SMILES string of the molecule is CNC(=O)c1sccc1Nc1nc(Nc2ccc(N)cc2)nc2ccsc12. The summed E-state index contributed by atoms with van der Waals surface area (Å²) in [7, 11) is 1.61. The highest BCUT2D eigenvalue weighted by atomic mass is 32.1. The van der Waals surface area contributed by atoms with Crippen LogP contribution in [-0.2, 0) is 0 Å². The van der Waals surface area contributed by atoms with Crippen LogP contribution in [0.3, 0.4) is 0 Å². The maximum absolute atomic E-state index is 12.0. The molecule has 0 aliphatic carbocycles. The standard InChI is InChI=1S/C18H16N6OS2/c1-20-17(25)15-13(7-9-27-15)22-16-14-12(6-8-26-14)23-18(24-16)21-11-4-2-10(19)3-5-11/h2-9H,19H2,1H3,(H,20,25)(H2,21,22,23,24). The maximum Gasteiger partial charge on any atom is 0.263 e. The monoisotopic (exact) mass is 396 g/mol. The van der Waals surface area contributed by atoms with Gasteiger partial charge in [-0.3, -0.25) is 4.79 Å². The molecule has 0 fully saturated rings. The van der Waals surface area contributed by atoms with E-state index in [1.165, 1.54) is 11.3 Å². The third-order valence-corrected chi connectivity index (χ3v) is 5.65. The van der Waals surface area contributed by atoms with Crippen molar-refractivity contribution in [2.45, 2.75) is 0 Å². The van der Waals surface area contributed by atoms with Crippen LogP contribution in [0.15, 0.2) is 47.2 Å². The van der Waals surface area contributed by atoms with Gasteiger partial charge < -0.3 is 21.7 Å². The molecule has 27 heavy (non-hydrogen) atoms. The van der Waals surface area contributed by atoms with Gasteiger partial charge in [0, 0.05) is 18.4 Å². The molecule has 136 valence electrons.